The van der Waals surface area contributed by atoms with Gasteiger partial charge in [-0.05, 0) is 31.9 Å². The molecular formula is C33H36F7N7O3. The SMILES string of the molecule is CC[C@@H]1CN2c3nc(OC[C@]4(CN5CC6(COC6)C5)CC4(F)F)nc4c(F)c(-c5cc(N)c(F)c(C)c5C(F)(F)F)nc(c34)O[C@@H](C)[C@@H]2CN1. The number of rotatable bonds is 7. The van der Waals surface area contributed by atoms with Gasteiger partial charge in [-0.2, -0.15) is 23.1 Å². The number of hydrogen-bond acceptors (Lipinski definition) is 10. The highest BCUT2D eigenvalue weighted by atomic mass is 19.4. The van der Waals surface area contributed by atoms with Crippen LogP contribution in [0, 0.1) is 29.4 Å². The molecule has 50 heavy (non-hydrogen) atoms. The minimum absolute atomic E-state index is 0.000264. The number of nitrogens with two attached hydrogens (primary N) is 1. The molecule has 8 rings (SSSR count). The third-order valence-corrected chi connectivity index (χ3v) is 11.0. The molecule has 17 heteroatoms. The van der Waals surface area contributed by atoms with E-state index in [2.05, 4.69) is 20.3 Å². The number of halogens is 7. The van der Waals surface area contributed by atoms with Gasteiger partial charge >= 0.3 is 12.2 Å². The topological polar surface area (TPSA) is 111 Å². The van der Waals surface area contributed by atoms with Gasteiger partial charge in [-0.25, -0.2) is 22.5 Å². The summed E-state index contributed by atoms with van der Waals surface area (Å²) in [4.78, 5) is 17.0. The maximum atomic E-state index is 16.8. The summed E-state index contributed by atoms with van der Waals surface area (Å²) in [6.45, 7) is 7.54. The predicted octanol–water partition coefficient (Wildman–Crippen LogP) is 4.95. The number of nitrogen functional groups attached to an aromatic ring is 1. The van der Waals surface area contributed by atoms with Crippen LogP contribution in [-0.4, -0.2) is 96.5 Å². The van der Waals surface area contributed by atoms with Crippen molar-refractivity contribution in [2.24, 2.45) is 10.8 Å². The number of likely N-dealkylation sites (tertiary alicyclic amines) is 1. The van der Waals surface area contributed by atoms with E-state index in [1.807, 2.05) is 16.7 Å². The van der Waals surface area contributed by atoms with Crippen molar-refractivity contribution >= 4 is 22.4 Å². The van der Waals surface area contributed by atoms with Crippen LogP contribution in [-0.2, 0) is 10.9 Å². The van der Waals surface area contributed by atoms with Gasteiger partial charge in [0, 0.05) is 56.2 Å². The first-order valence-electron chi connectivity index (χ1n) is 16.6. The fourth-order valence-corrected chi connectivity index (χ4v) is 8.01. The van der Waals surface area contributed by atoms with E-state index >= 15 is 4.39 Å². The molecule has 4 aliphatic heterocycles. The van der Waals surface area contributed by atoms with Crippen LogP contribution in [0.15, 0.2) is 6.07 Å². The van der Waals surface area contributed by atoms with Gasteiger partial charge in [0.2, 0.25) is 5.88 Å². The number of fused-ring (bicyclic) bond motifs is 2. The minimum Gasteiger partial charge on any atom is -0.472 e. The second kappa shape index (κ2) is 11.1. The molecular weight excluding hydrogens is 675 g/mol. The molecule has 1 aliphatic carbocycles. The molecule has 1 saturated carbocycles. The highest BCUT2D eigenvalue weighted by molar-refractivity contribution is 5.97. The van der Waals surface area contributed by atoms with Crippen LogP contribution in [0.3, 0.4) is 0 Å². The summed E-state index contributed by atoms with van der Waals surface area (Å²) in [6.07, 6.45) is -5.41. The monoisotopic (exact) mass is 711 g/mol. The fourth-order valence-electron chi connectivity index (χ4n) is 8.01. The van der Waals surface area contributed by atoms with Crippen molar-refractivity contribution in [1.82, 2.24) is 25.2 Å². The van der Waals surface area contributed by atoms with E-state index in [1.165, 1.54) is 0 Å². The Hall–Kier alpha value is -3.70. The summed E-state index contributed by atoms with van der Waals surface area (Å²) >= 11 is 0. The summed E-state index contributed by atoms with van der Waals surface area (Å²) < 4.78 is 122. The molecule has 3 saturated heterocycles. The second-order valence-electron chi connectivity index (χ2n) is 14.6. The number of nitrogens with one attached hydrogen (secondary N) is 1. The molecule has 6 heterocycles. The maximum absolute atomic E-state index is 16.8. The summed E-state index contributed by atoms with van der Waals surface area (Å²) in [5.74, 6) is -5.67. The van der Waals surface area contributed by atoms with E-state index in [4.69, 9.17) is 19.9 Å². The first-order valence-corrected chi connectivity index (χ1v) is 16.6. The Kier molecular flexibility index (Phi) is 7.46. The van der Waals surface area contributed by atoms with Gasteiger partial charge in [-0.3, -0.25) is 0 Å². The first-order chi connectivity index (χ1) is 23.6. The molecule has 0 bridgehead atoms. The Morgan fingerprint density at radius 2 is 1.84 bits per heavy atom. The lowest BCUT2D eigenvalue weighted by atomic mass is 9.77. The molecule has 10 nitrogen and oxygen atoms in total. The van der Waals surface area contributed by atoms with Crippen LogP contribution in [0.4, 0.5) is 42.2 Å². The molecule has 0 radical (unpaired) electrons. The van der Waals surface area contributed by atoms with E-state index in [0.29, 0.717) is 45.5 Å². The van der Waals surface area contributed by atoms with E-state index in [-0.39, 0.29) is 41.1 Å². The summed E-state index contributed by atoms with van der Waals surface area (Å²) in [6, 6.07) is -0.121. The lowest BCUT2D eigenvalue weighted by Gasteiger charge is -2.55. The quantitative estimate of drug-likeness (QED) is 0.258. The largest absolute Gasteiger partial charge is 0.472 e. The van der Waals surface area contributed by atoms with Crippen LogP contribution >= 0.6 is 0 Å². The number of piperazine rings is 1. The molecule has 0 unspecified atom stereocenters. The van der Waals surface area contributed by atoms with Crippen LogP contribution in [0.2, 0.25) is 0 Å². The molecule has 270 valence electrons. The van der Waals surface area contributed by atoms with Crippen LogP contribution in [0.1, 0.15) is 37.8 Å². The molecule has 3 aromatic rings. The molecule has 4 atom stereocenters. The van der Waals surface area contributed by atoms with Gasteiger partial charge in [0.05, 0.1) is 35.9 Å². The highest BCUT2D eigenvalue weighted by Crippen LogP contribution is 2.62. The lowest BCUT2D eigenvalue weighted by Crippen LogP contribution is -2.66. The minimum atomic E-state index is -5.11. The Morgan fingerprint density at radius 3 is 2.46 bits per heavy atom. The number of alkyl halides is 5. The number of ether oxygens (including phenoxy) is 3. The Bertz CT molecular complexity index is 1880. The van der Waals surface area contributed by atoms with E-state index in [0.717, 1.165) is 13.3 Å². The first kappa shape index (κ1) is 33.4. The van der Waals surface area contributed by atoms with Gasteiger partial charge in [0.25, 0.3) is 5.92 Å². The second-order valence-corrected chi connectivity index (χ2v) is 14.6. The van der Waals surface area contributed by atoms with Crippen molar-refractivity contribution in [3.8, 4) is 23.1 Å². The predicted molar refractivity (Wildman–Crippen MR) is 167 cm³/mol. The van der Waals surface area contributed by atoms with Gasteiger partial charge in [0.15, 0.2) is 5.82 Å². The Labute approximate surface area is 282 Å². The molecule has 0 amide bonds. The zero-order valence-electron chi connectivity index (χ0n) is 27.6. The molecule has 1 aromatic carbocycles. The average molecular weight is 712 g/mol. The maximum Gasteiger partial charge on any atom is 0.417 e. The number of benzene rings is 1. The van der Waals surface area contributed by atoms with Crippen molar-refractivity contribution in [3.63, 3.8) is 0 Å². The number of pyridine rings is 1. The number of hydrogen-bond donors (Lipinski definition) is 2. The van der Waals surface area contributed by atoms with Crippen molar-refractivity contribution in [1.29, 1.82) is 0 Å². The zero-order valence-corrected chi connectivity index (χ0v) is 27.6. The van der Waals surface area contributed by atoms with E-state index in [1.54, 1.807) is 6.92 Å². The average Bonchev–Trinajstić information content (AvgIpc) is 3.60. The normalized spacial score (nSPS) is 28.0. The fraction of sp³-hybridized carbons (Fsp3) is 0.606. The van der Waals surface area contributed by atoms with Crippen molar-refractivity contribution in [2.45, 2.75) is 63.9 Å². The van der Waals surface area contributed by atoms with Gasteiger partial charge in [-0.1, -0.05) is 6.92 Å². The van der Waals surface area contributed by atoms with Crippen LogP contribution < -0.4 is 25.4 Å². The Morgan fingerprint density at radius 1 is 1.12 bits per heavy atom. The van der Waals surface area contributed by atoms with Crippen molar-refractivity contribution in [3.05, 3.63) is 28.8 Å². The van der Waals surface area contributed by atoms with Crippen LogP contribution in [0.5, 0.6) is 11.9 Å². The smallest absolute Gasteiger partial charge is 0.417 e. The Balaban J connectivity index is 1.25. The number of aromatic nitrogens is 3. The van der Waals surface area contributed by atoms with Gasteiger partial charge in [-0.15, -0.1) is 0 Å². The molecule has 3 N–H and O–H groups in total. The highest BCUT2D eigenvalue weighted by Gasteiger charge is 2.73. The number of anilines is 2. The van der Waals surface area contributed by atoms with Crippen molar-refractivity contribution in [2.75, 3.05) is 63.2 Å². The van der Waals surface area contributed by atoms with E-state index in [9.17, 15) is 26.3 Å². The van der Waals surface area contributed by atoms with Crippen LogP contribution in [0.25, 0.3) is 22.2 Å². The summed E-state index contributed by atoms with van der Waals surface area (Å²) in [5, 5.41) is 3.43. The number of nitrogens with zero attached hydrogens (tertiary/aromatic N) is 5. The van der Waals surface area contributed by atoms with Crippen molar-refractivity contribution < 1.29 is 44.9 Å². The third kappa shape index (κ3) is 5.13. The lowest BCUT2D eigenvalue weighted by molar-refractivity contribution is -0.194. The third-order valence-electron chi connectivity index (χ3n) is 11.0. The van der Waals surface area contributed by atoms with Gasteiger partial charge < -0.3 is 35.1 Å². The van der Waals surface area contributed by atoms with E-state index < -0.39 is 87.9 Å². The summed E-state index contributed by atoms with van der Waals surface area (Å²) in [5.41, 5.74) is -0.792. The molecule has 5 aliphatic rings. The molecule has 1 spiro atoms. The summed E-state index contributed by atoms with van der Waals surface area (Å²) in [7, 11) is 0. The molecule has 4 fully saturated rings. The standard InChI is InChI=1S/C33H36F7N7O3/c1-4-17-7-47-20(6-42-17)16(3)50-28-21-26(24(35)25(43-28)18-5-19(41)23(34)15(2)22(18)33(38,39)40)44-29(45-27(21)47)49-14-31(8-32(31,36)37)11-46-9-30(10-46)12-48-13-30/h5,16-17,20,42H,4,6-14,41H2,1-3H3/t16-,17+,20-,31+/m0/s1. The van der Waals surface area contributed by atoms with Gasteiger partial charge in [0.1, 0.15) is 40.9 Å². The zero-order chi connectivity index (χ0) is 35.5. The molecule has 2 aromatic heterocycles.